The predicted octanol–water partition coefficient (Wildman–Crippen LogP) is 3.74. The summed E-state index contributed by atoms with van der Waals surface area (Å²) in [4.78, 5) is 44.1. The lowest BCUT2D eigenvalue weighted by molar-refractivity contribution is 0.0698. The number of carbonyl (C=O) groups is 3. The average Bonchev–Trinajstić information content (AvgIpc) is 3.28. The van der Waals surface area contributed by atoms with E-state index in [9.17, 15) is 14.4 Å². The second-order valence-corrected chi connectivity index (χ2v) is 8.68. The van der Waals surface area contributed by atoms with E-state index < -0.39 is 0 Å². The van der Waals surface area contributed by atoms with Gasteiger partial charge < -0.3 is 15.5 Å². The molecule has 3 heterocycles. The zero-order valence-electron chi connectivity index (χ0n) is 17.7. The molecule has 7 nitrogen and oxygen atoms in total. The number of pyridine rings is 1. The molecule has 0 aliphatic carbocycles. The summed E-state index contributed by atoms with van der Waals surface area (Å²) in [6.07, 6.45) is 4.47. The van der Waals surface area contributed by atoms with Gasteiger partial charge in [-0.05, 0) is 55.5 Å². The maximum Gasteiger partial charge on any atom is 0.263 e. The summed E-state index contributed by atoms with van der Waals surface area (Å²) < 4.78 is 0. The number of benzene rings is 1. The average molecular weight is 449 g/mol. The van der Waals surface area contributed by atoms with E-state index in [2.05, 4.69) is 15.6 Å². The highest BCUT2D eigenvalue weighted by molar-refractivity contribution is 7.12. The number of nitrogens with one attached hydrogen (secondary N) is 2. The number of hydrogen-bond acceptors (Lipinski definition) is 5. The summed E-state index contributed by atoms with van der Waals surface area (Å²) in [5.41, 5.74) is 2.77. The lowest BCUT2D eigenvalue weighted by atomic mass is 10.0. The molecule has 8 heteroatoms. The second-order valence-electron chi connectivity index (χ2n) is 7.76. The topological polar surface area (TPSA) is 91.4 Å². The zero-order valence-corrected chi connectivity index (χ0v) is 18.5. The van der Waals surface area contributed by atoms with Crippen LogP contribution in [0.25, 0.3) is 0 Å². The van der Waals surface area contributed by atoms with Crippen LogP contribution in [0.15, 0.2) is 60.2 Å². The second kappa shape index (κ2) is 9.74. The molecule has 1 aromatic carbocycles. The molecule has 0 atom stereocenters. The van der Waals surface area contributed by atoms with Crippen molar-refractivity contribution in [1.29, 1.82) is 0 Å². The van der Waals surface area contributed by atoms with Crippen LogP contribution in [-0.4, -0.2) is 46.7 Å². The summed E-state index contributed by atoms with van der Waals surface area (Å²) in [5.74, 6) is -0.481. The molecule has 0 bridgehead atoms. The molecule has 0 saturated carbocycles. The molecule has 32 heavy (non-hydrogen) atoms. The lowest BCUT2D eigenvalue weighted by Crippen LogP contribution is -2.46. The van der Waals surface area contributed by atoms with Gasteiger partial charge in [-0.3, -0.25) is 19.4 Å². The fraction of sp³-hybridized carbons (Fsp3) is 0.250. The maximum atomic E-state index is 12.8. The van der Waals surface area contributed by atoms with Gasteiger partial charge in [0.1, 0.15) is 4.88 Å². The van der Waals surface area contributed by atoms with Crippen molar-refractivity contribution in [3.05, 3.63) is 81.8 Å². The first-order valence-electron chi connectivity index (χ1n) is 10.5. The van der Waals surface area contributed by atoms with Gasteiger partial charge in [-0.15, -0.1) is 11.3 Å². The van der Waals surface area contributed by atoms with E-state index in [0.717, 1.165) is 5.56 Å². The van der Waals surface area contributed by atoms with Crippen molar-refractivity contribution in [2.75, 3.05) is 18.4 Å². The predicted molar refractivity (Wildman–Crippen MR) is 124 cm³/mol. The number of piperidine rings is 1. The van der Waals surface area contributed by atoms with Crippen LogP contribution >= 0.6 is 11.3 Å². The number of aryl methyl sites for hydroxylation is 1. The Balaban J connectivity index is 1.32. The molecule has 0 unspecified atom stereocenters. The largest absolute Gasteiger partial charge is 0.348 e. The van der Waals surface area contributed by atoms with Crippen molar-refractivity contribution in [2.45, 2.75) is 25.8 Å². The highest BCUT2D eigenvalue weighted by Gasteiger charge is 2.26. The minimum Gasteiger partial charge on any atom is -0.348 e. The molecule has 0 radical (unpaired) electrons. The van der Waals surface area contributed by atoms with Crippen LogP contribution in [0.4, 0.5) is 5.69 Å². The van der Waals surface area contributed by atoms with Crippen LogP contribution in [0, 0.1) is 6.92 Å². The van der Waals surface area contributed by atoms with Gasteiger partial charge in [0.2, 0.25) is 0 Å². The summed E-state index contributed by atoms with van der Waals surface area (Å²) in [6, 6.07) is 12.5. The van der Waals surface area contributed by atoms with Crippen molar-refractivity contribution in [2.24, 2.45) is 0 Å². The first-order chi connectivity index (χ1) is 15.5. The Morgan fingerprint density at radius 2 is 1.62 bits per heavy atom. The number of carbonyl (C=O) groups excluding carboxylic acids is 3. The fourth-order valence-electron chi connectivity index (χ4n) is 3.64. The molecule has 1 aliphatic rings. The Morgan fingerprint density at radius 1 is 0.938 bits per heavy atom. The van der Waals surface area contributed by atoms with Crippen molar-refractivity contribution in [3.63, 3.8) is 0 Å². The molecular weight excluding hydrogens is 424 g/mol. The number of anilines is 1. The molecule has 2 aromatic heterocycles. The Morgan fingerprint density at radius 3 is 2.31 bits per heavy atom. The summed E-state index contributed by atoms with van der Waals surface area (Å²) in [7, 11) is 0. The molecular formula is C24H24N4O3S. The molecule has 3 aromatic rings. The Kier molecular flexibility index (Phi) is 6.61. The number of likely N-dealkylation sites (tertiary alicyclic amines) is 1. The standard InChI is InChI=1S/C24H24N4O3S/c1-16-2-4-18(5-3-16)24(31)28-13-8-19(9-14-28)26-23(30)21-20(10-15-32-21)27-22(29)17-6-11-25-12-7-17/h2-7,10-12,15,19H,8-9,13-14H2,1H3,(H,26,30)(H,27,29). The van der Waals surface area contributed by atoms with E-state index in [1.54, 1.807) is 36.0 Å². The minimum absolute atomic E-state index is 0.0181. The summed E-state index contributed by atoms with van der Waals surface area (Å²) in [5, 5.41) is 7.63. The highest BCUT2D eigenvalue weighted by atomic mass is 32.1. The van der Waals surface area contributed by atoms with E-state index in [0.29, 0.717) is 47.6 Å². The quantitative estimate of drug-likeness (QED) is 0.622. The van der Waals surface area contributed by atoms with E-state index in [1.165, 1.54) is 11.3 Å². The van der Waals surface area contributed by atoms with Crippen LogP contribution < -0.4 is 10.6 Å². The van der Waals surface area contributed by atoms with E-state index in [1.807, 2.05) is 36.1 Å². The third kappa shape index (κ3) is 5.03. The summed E-state index contributed by atoms with van der Waals surface area (Å²) in [6.45, 7) is 3.17. The smallest absolute Gasteiger partial charge is 0.263 e. The van der Waals surface area contributed by atoms with Gasteiger partial charge in [0.25, 0.3) is 17.7 Å². The molecule has 0 spiro atoms. The van der Waals surface area contributed by atoms with Crippen LogP contribution in [0.2, 0.25) is 0 Å². The monoisotopic (exact) mass is 448 g/mol. The normalized spacial score (nSPS) is 14.1. The molecule has 3 amide bonds. The van der Waals surface area contributed by atoms with Crippen LogP contribution in [-0.2, 0) is 0 Å². The third-order valence-corrected chi connectivity index (χ3v) is 6.39. The number of aromatic nitrogens is 1. The Hall–Kier alpha value is -3.52. The molecule has 4 rings (SSSR count). The van der Waals surface area contributed by atoms with Gasteiger partial charge in [-0.2, -0.15) is 0 Å². The molecule has 1 saturated heterocycles. The minimum atomic E-state index is -0.289. The Bertz CT molecular complexity index is 1100. The van der Waals surface area contributed by atoms with E-state index in [4.69, 9.17) is 0 Å². The number of hydrogen-bond donors (Lipinski definition) is 2. The van der Waals surface area contributed by atoms with Gasteiger partial charge in [0.05, 0.1) is 5.69 Å². The van der Waals surface area contributed by atoms with Crippen LogP contribution in [0.3, 0.4) is 0 Å². The van der Waals surface area contributed by atoms with Gasteiger partial charge in [0.15, 0.2) is 0 Å². The molecule has 164 valence electrons. The number of nitrogens with zero attached hydrogens (tertiary/aromatic N) is 2. The maximum absolute atomic E-state index is 12.8. The molecule has 1 aliphatic heterocycles. The number of rotatable bonds is 5. The van der Waals surface area contributed by atoms with Gasteiger partial charge in [-0.25, -0.2) is 0 Å². The Labute approximate surface area is 190 Å². The van der Waals surface area contributed by atoms with Gasteiger partial charge >= 0.3 is 0 Å². The highest BCUT2D eigenvalue weighted by Crippen LogP contribution is 2.24. The SMILES string of the molecule is Cc1ccc(C(=O)N2CCC(NC(=O)c3sccc3NC(=O)c3ccncc3)CC2)cc1. The lowest BCUT2D eigenvalue weighted by Gasteiger charge is -2.32. The van der Waals surface area contributed by atoms with E-state index in [-0.39, 0.29) is 23.8 Å². The third-order valence-electron chi connectivity index (χ3n) is 5.48. The van der Waals surface area contributed by atoms with Gasteiger partial charge in [0, 0.05) is 42.7 Å². The number of amides is 3. The first-order valence-corrected chi connectivity index (χ1v) is 11.3. The van der Waals surface area contributed by atoms with Gasteiger partial charge in [-0.1, -0.05) is 17.7 Å². The molecule has 2 N–H and O–H groups in total. The van der Waals surface area contributed by atoms with E-state index >= 15 is 0 Å². The van der Waals surface area contributed by atoms with Crippen LogP contribution in [0.1, 0.15) is 48.8 Å². The van der Waals surface area contributed by atoms with Crippen molar-refractivity contribution in [3.8, 4) is 0 Å². The zero-order chi connectivity index (χ0) is 22.5. The van der Waals surface area contributed by atoms with Crippen molar-refractivity contribution >= 4 is 34.7 Å². The number of thiophene rings is 1. The first kappa shape index (κ1) is 21.7. The fourth-order valence-corrected chi connectivity index (χ4v) is 4.39. The summed E-state index contributed by atoms with van der Waals surface area (Å²) >= 11 is 1.28. The van der Waals surface area contributed by atoms with Crippen molar-refractivity contribution in [1.82, 2.24) is 15.2 Å². The van der Waals surface area contributed by atoms with Crippen molar-refractivity contribution < 1.29 is 14.4 Å². The van der Waals surface area contributed by atoms with Crippen LogP contribution in [0.5, 0.6) is 0 Å². The molecule has 1 fully saturated rings.